The molecular formula is C9H15N2+. The van der Waals surface area contributed by atoms with Crippen molar-refractivity contribution < 1.29 is 4.57 Å². The molecule has 11 heavy (non-hydrogen) atoms. The van der Waals surface area contributed by atoms with Crippen LogP contribution >= 0.6 is 0 Å². The number of hydrogen-bond acceptors (Lipinski definition) is 1. The largest absolute Gasteiger partial charge is 0.249 e. The molecule has 0 atom stereocenters. The summed E-state index contributed by atoms with van der Waals surface area (Å²) >= 11 is 0. The Morgan fingerprint density at radius 3 is 2.45 bits per heavy atom. The quantitative estimate of drug-likeness (QED) is 0.557. The molecule has 1 rings (SSSR count). The molecule has 0 aromatic carbocycles. The van der Waals surface area contributed by atoms with E-state index in [1.165, 1.54) is 5.69 Å². The van der Waals surface area contributed by atoms with Gasteiger partial charge < -0.3 is 0 Å². The Morgan fingerprint density at radius 2 is 2.00 bits per heavy atom. The fraction of sp³-hybridized carbons (Fsp3) is 0.556. The molecule has 0 aliphatic rings. The second-order valence-electron chi connectivity index (χ2n) is 3.10. The fourth-order valence-corrected chi connectivity index (χ4v) is 1.17. The van der Waals surface area contributed by atoms with Crippen molar-refractivity contribution in [2.24, 2.45) is 0 Å². The highest BCUT2D eigenvalue weighted by Crippen LogP contribution is 1.98. The molecule has 0 bridgehead atoms. The number of aromatic nitrogens is 2. The Hall–Kier alpha value is -0.920. The highest BCUT2D eigenvalue weighted by molar-refractivity contribution is 4.99. The molecule has 0 saturated heterocycles. The van der Waals surface area contributed by atoms with Gasteiger partial charge in [0.15, 0.2) is 17.9 Å². The van der Waals surface area contributed by atoms with Crippen LogP contribution in [-0.2, 0) is 0 Å². The van der Waals surface area contributed by atoms with Gasteiger partial charge in [0.1, 0.15) is 5.69 Å². The Balaban J connectivity index is 3.17. The number of nitrogens with zero attached hydrogens (tertiary/aromatic N) is 2. The first-order chi connectivity index (χ1) is 5.13. The van der Waals surface area contributed by atoms with E-state index in [2.05, 4.69) is 30.3 Å². The highest BCUT2D eigenvalue weighted by Gasteiger charge is 2.11. The third kappa shape index (κ3) is 1.56. The molecule has 0 amide bonds. The number of aryl methyl sites for hydroxylation is 1. The van der Waals surface area contributed by atoms with Crippen molar-refractivity contribution in [2.45, 2.75) is 33.7 Å². The summed E-state index contributed by atoms with van der Waals surface area (Å²) in [6.45, 7) is 8.48. The third-order valence-electron chi connectivity index (χ3n) is 1.96. The topological polar surface area (TPSA) is 16.8 Å². The van der Waals surface area contributed by atoms with E-state index in [0.29, 0.717) is 6.04 Å². The van der Waals surface area contributed by atoms with Gasteiger partial charge in [0, 0.05) is 6.92 Å². The Morgan fingerprint density at radius 1 is 1.36 bits per heavy atom. The fourth-order valence-electron chi connectivity index (χ4n) is 1.17. The Kier molecular flexibility index (Phi) is 2.22. The minimum atomic E-state index is 0.525. The lowest BCUT2D eigenvalue weighted by molar-refractivity contribution is -0.722. The predicted octanol–water partition coefficient (Wildman–Crippen LogP) is 1.57. The van der Waals surface area contributed by atoms with Crippen molar-refractivity contribution in [2.75, 3.05) is 0 Å². The molecule has 2 nitrogen and oxygen atoms in total. The summed E-state index contributed by atoms with van der Waals surface area (Å²) in [4.78, 5) is 4.20. The molecule has 0 N–H and O–H groups in total. The summed E-state index contributed by atoms with van der Waals surface area (Å²) in [7, 11) is 0. The van der Waals surface area contributed by atoms with Crippen LogP contribution in [0.3, 0.4) is 0 Å². The van der Waals surface area contributed by atoms with E-state index in [-0.39, 0.29) is 0 Å². The van der Waals surface area contributed by atoms with E-state index in [9.17, 15) is 0 Å². The van der Waals surface area contributed by atoms with Gasteiger partial charge in [-0.25, -0.2) is 4.98 Å². The summed E-state index contributed by atoms with van der Waals surface area (Å²) in [5, 5.41) is 0. The lowest BCUT2D eigenvalue weighted by atomic mass is 10.3. The van der Waals surface area contributed by atoms with Gasteiger partial charge in [-0.2, -0.15) is 4.57 Å². The summed E-state index contributed by atoms with van der Waals surface area (Å²) < 4.78 is 2.22. The van der Waals surface area contributed by atoms with Crippen LogP contribution in [-0.4, -0.2) is 4.98 Å². The van der Waals surface area contributed by atoms with Crippen molar-refractivity contribution in [3.8, 4) is 0 Å². The lowest BCUT2D eigenvalue weighted by Crippen LogP contribution is -2.39. The van der Waals surface area contributed by atoms with Crippen LogP contribution in [0.25, 0.3) is 0 Å². The van der Waals surface area contributed by atoms with Crippen LogP contribution in [0, 0.1) is 13.8 Å². The SMILES string of the molecule is Cc1ncc[n+](C(C)C)c1C. The average Bonchev–Trinajstić information content (AvgIpc) is 1.94. The van der Waals surface area contributed by atoms with Crippen molar-refractivity contribution >= 4 is 0 Å². The molecule has 0 spiro atoms. The van der Waals surface area contributed by atoms with Gasteiger partial charge in [0.25, 0.3) is 0 Å². The molecular weight excluding hydrogens is 136 g/mol. The van der Waals surface area contributed by atoms with Crippen LogP contribution in [0.1, 0.15) is 31.3 Å². The minimum absolute atomic E-state index is 0.525. The molecule has 0 fully saturated rings. The monoisotopic (exact) mass is 151 g/mol. The molecule has 0 unspecified atom stereocenters. The maximum atomic E-state index is 4.20. The van der Waals surface area contributed by atoms with E-state index in [4.69, 9.17) is 0 Å². The van der Waals surface area contributed by atoms with E-state index >= 15 is 0 Å². The number of hydrogen-bond donors (Lipinski definition) is 0. The summed E-state index contributed by atoms with van der Waals surface area (Å²) in [6.07, 6.45) is 3.87. The summed E-state index contributed by atoms with van der Waals surface area (Å²) in [5.41, 5.74) is 2.36. The highest BCUT2D eigenvalue weighted by atomic mass is 15.0. The molecule has 1 aromatic rings. The molecule has 1 heterocycles. The first-order valence-electron chi connectivity index (χ1n) is 3.96. The lowest BCUT2D eigenvalue weighted by Gasteiger charge is -2.03. The van der Waals surface area contributed by atoms with Gasteiger partial charge >= 0.3 is 0 Å². The average molecular weight is 151 g/mol. The van der Waals surface area contributed by atoms with E-state index in [0.717, 1.165) is 5.69 Å². The minimum Gasteiger partial charge on any atom is -0.249 e. The van der Waals surface area contributed by atoms with Crippen molar-refractivity contribution in [1.29, 1.82) is 0 Å². The first kappa shape index (κ1) is 8.18. The zero-order chi connectivity index (χ0) is 8.43. The zero-order valence-corrected chi connectivity index (χ0v) is 7.63. The van der Waals surface area contributed by atoms with E-state index in [1.807, 2.05) is 19.3 Å². The maximum Gasteiger partial charge on any atom is 0.199 e. The van der Waals surface area contributed by atoms with Crippen LogP contribution < -0.4 is 4.57 Å². The van der Waals surface area contributed by atoms with Crippen molar-refractivity contribution in [3.63, 3.8) is 0 Å². The van der Waals surface area contributed by atoms with Crippen molar-refractivity contribution in [1.82, 2.24) is 4.98 Å². The summed E-state index contributed by atoms with van der Waals surface area (Å²) in [5.74, 6) is 0. The Bertz CT molecular complexity index is 254. The molecule has 0 aliphatic carbocycles. The van der Waals surface area contributed by atoms with E-state index in [1.54, 1.807) is 0 Å². The van der Waals surface area contributed by atoms with Crippen LogP contribution in [0.5, 0.6) is 0 Å². The van der Waals surface area contributed by atoms with E-state index < -0.39 is 0 Å². The van der Waals surface area contributed by atoms with Crippen molar-refractivity contribution in [3.05, 3.63) is 23.8 Å². The maximum absolute atomic E-state index is 4.20. The van der Waals surface area contributed by atoms with Gasteiger partial charge in [-0.3, -0.25) is 0 Å². The molecule has 2 heteroatoms. The molecule has 1 aromatic heterocycles. The Labute approximate surface area is 67.9 Å². The third-order valence-corrected chi connectivity index (χ3v) is 1.96. The van der Waals surface area contributed by atoms with Gasteiger partial charge in [0.2, 0.25) is 0 Å². The smallest absolute Gasteiger partial charge is 0.199 e. The standard InChI is InChI=1S/C9H15N2/c1-7(2)11-6-5-10-8(3)9(11)4/h5-7H,1-4H3/q+1. The second kappa shape index (κ2) is 2.99. The van der Waals surface area contributed by atoms with Gasteiger partial charge in [-0.1, -0.05) is 0 Å². The molecule has 0 saturated carbocycles. The first-order valence-corrected chi connectivity index (χ1v) is 3.96. The molecule has 0 aliphatic heterocycles. The van der Waals surface area contributed by atoms with Crippen LogP contribution in [0.2, 0.25) is 0 Å². The predicted molar refractivity (Wildman–Crippen MR) is 44.3 cm³/mol. The normalized spacial score (nSPS) is 10.6. The molecule has 0 radical (unpaired) electrons. The van der Waals surface area contributed by atoms with Crippen LogP contribution in [0.4, 0.5) is 0 Å². The number of rotatable bonds is 1. The van der Waals surface area contributed by atoms with Gasteiger partial charge in [-0.15, -0.1) is 0 Å². The van der Waals surface area contributed by atoms with Gasteiger partial charge in [0.05, 0.1) is 6.20 Å². The van der Waals surface area contributed by atoms with Gasteiger partial charge in [-0.05, 0) is 20.8 Å². The second-order valence-corrected chi connectivity index (χ2v) is 3.10. The van der Waals surface area contributed by atoms with Crippen LogP contribution in [0.15, 0.2) is 12.4 Å². The molecule has 60 valence electrons. The summed E-state index contributed by atoms with van der Waals surface area (Å²) in [6, 6.07) is 0.525. The zero-order valence-electron chi connectivity index (χ0n) is 7.63.